The van der Waals surface area contributed by atoms with Crippen LogP contribution in [0.25, 0.3) is 0 Å². The Morgan fingerprint density at radius 3 is 2.71 bits per heavy atom. The Labute approximate surface area is 109 Å². The summed E-state index contributed by atoms with van der Waals surface area (Å²) in [5.41, 5.74) is 2.37. The summed E-state index contributed by atoms with van der Waals surface area (Å²) in [6, 6.07) is 4.07. The van der Waals surface area contributed by atoms with Gasteiger partial charge in [0.25, 0.3) is 0 Å². The van der Waals surface area contributed by atoms with Crippen LogP contribution in [0.2, 0.25) is 0 Å². The van der Waals surface area contributed by atoms with E-state index in [2.05, 4.69) is 22.0 Å². The van der Waals surface area contributed by atoms with Crippen LogP contribution in [0.3, 0.4) is 0 Å². The van der Waals surface area contributed by atoms with Crippen molar-refractivity contribution in [3.05, 3.63) is 27.7 Å². The highest BCUT2D eigenvalue weighted by atomic mass is 79.9. The van der Waals surface area contributed by atoms with E-state index in [4.69, 9.17) is 4.74 Å². The lowest BCUT2D eigenvalue weighted by molar-refractivity contribution is -0.132. The molecule has 17 heavy (non-hydrogen) atoms. The fourth-order valence-electron chi connectivity index (χ4n) is 3.23. The Morgan fingerprint density at radius 2 is 2.12 bits per heavy atom. The molecule has 0 amide bonds. The third kappa shape index (κ3) is 1.41. The molecule has 1 saturated carbocycles. The number of Topliss-reactive ketones (excluding diaryl/α,β-unsaturated/α-hetero) is 1. The zero-order valence-electron chi connectivity index (χ0n) is 9.88. The van der Waals surface area contributed by atoms with Crippen molar-refractivity contribution in [2.24, 2.45) is 0 Å². The molecule has 1 aromatic rings. The molecule has 0 N–H and O–H groups in total. The molecular formula is C14H15BrO2. The minimum atomic E-state index is -0.150. The van der Waals surface area contributed by atoms with Crippen LogP contribution in [-0.2, 0) is 16.6 Å². The molecule has 1 fully saturated rings. The maximum Gasteiger partial charge on any atom is 0.143 e. The van der Waals surface area contributed by atoms with Crippen molar-refractivity contribution in [1.82, 2.24) is 0 Å². The Kier molecular flexibility index (Phi) is 2.54. The number of halogens is 1. The number of hydrogen-bond donors (Lipinski definition) is 0. The predicted octanol–water partition coefficient (Wildman–Crippen LogP) is 3.39. The maximum atomic E-state index is 12.0. The first kappa shape index (κ1) is 11.3. The molecule has 0 radical (unpaired) electrons. The van der Waals surface area contributed by atoms with Gasteiger partial charge in [0.1, 0.15) is 11.5 Å². The first-order valence-corrected chi connectivity index (χ1v) is 6.87. The van der Waals surface area contributed by atoms with E-state index < -0.39 is 0 Å². The monoisotopic (exact) mass is 294 g/mol. The van der Waals surface area contributed by atoms with Gasteiger partial charge in [0.2, 0.25) is 0 Å². The molecule has 1 unspecified atom stereocenters. The zero-order valence-corrected chi connectivity index (χ0v) is 11.5. The second kappa shape index (κ2) is 3.84. The fourth-order valence-corrected chi connectivity index (χ4v) is 3.94. The predicted molar refractivity (Wildman–Crippen MR) is 69.6 cm³/mol. The molecule has 0 aliphatic heterocycles. The number of ketones is 1. The van der Waals surface area contributed by atoms with Gasteiger partial charge in [-0.2, -0.15) is 0 Å². The van der Waals surface area contributed by atoms with Gasteiger partial charge < -0.3 is 4.74 Å². The van der Waals surface area contributed by atoms with E-state index in [1.807, 2.05) is 6.07 Å². The number of benzene rings is 1. The summed E-state index contributed by atoms with van der Waals surface area (Å²) in [4.78, 5) is 12.0. The van der Waals surface area contributed by atoms with Crippen LogP contribution in [0, 0.1) is 0 Å². The summed E-state index contributed by atoms with van der Waals surface area (Å²) in [6.07, 6.45) is 4.95. The number of ether oxygens (including phenoxy) is 1. The molecule has 1 spiro atoms. The molecule has 3 heteroatoms. The van der Waals surface area contributed by atoms with Crippen LogP contribution in [0.4, 0.5) is 0 Å². The molecule has 0 saturated heterocycles. The quantitative estimate of drug-likeness (QED) is 0.794. The van der Waals surface area contributed by atoms with E-state index >= 15 is 0 Å². The number of rotatable bonds is 1. The van der Waals surface area contributed by atoms with E-state index in [0.717, 1.165) is 42.3 Å². The van der Waals surface area contributed by atoms with Crippen LogP contribution >= 0.6 is 15.9 Å². The number of carbonyl (C=O) groups is 1. The minimum Gasteiger partial charge on any atom is -0.496 e. The smallest absolute Gasteiger partial charge is 0.143 e. The average Bonchev–Trinajstić information content (AvgIpc) is 2.37. The lowest BCUT2D eigenvalue weighted by Gasteiger charge is -2.44. The second-order valence-electron chi connectivity index (χ2n) is 4.97. The third-order valence-corrected chi connectivity index (χ3v) is 5.16. The third-order valence-electron chi connectivity index (χ3n) is 4.29. The van der Waals surface area contributed by atoms with Gasteiger partial charge in [0.15, 0.2) is 0 Å². The highest BCUT2D eigenvalue weighted by molar-refractivity contribution is 9.10. The van der Waals surface area contributed by atoms with Crippen molar-refractivity contribution in [3.63, 3.8) is 0 Å². The summed E-state index contributed by atoms with van der Waals surface area (Å²) in [7, 11) is 1.68. The largest absolute Gasteiger partial charge is 0.496 e. The van der Waals surface area contributed by atoms with Crippen molar-refractivity contribution in [3.8, 4) is 5.75 Å². The van der Waals surface area contributed by atoms with Crippen LogP contribution in [0.1, 0.15) is 36.8 Å². The van der Waals surface area contributed by atoms with E-state index in [0.29, 0.717) is 5.78 Å². The van der Waals surface area contributed by atoms with Gasteiger partial charge >= 0.3 is 0 Å². The highest BCUT2D eigenvalue weighted by Crippen LogP contribution is 2.51. The molecule has 2 aliphatic rings. The molecular weight excluding hydrogens is 280 g/mol. The minimum absolute atomic E-state index is 0.150. The second-order valence-corrected chi connectivity index (χ2v) is 5.76. The Hall–Kier alpha value is -0.830. The standard InChI is InChI=1S/C14H15BrO2/c1-17-11-5-4-10-9(13(11)15)3-2-7-14(10)8-6-12(14)16/h4-5H,2-3,6-8H2,1H3. The maximum absolute atomic E-state index is 12.0. The lowest BCUT2D eigenvalue weighted by Crippen LogP contribution is -2.47. The van der Waals surface area contributed by atoms with E-state index in [1.54, 1.807) is 7.11 Å². The molecule has 1 aromatic carbocycles. The summed E-state index contributed by atoms with van der Waals surface area (Å²) in [5, 5.41) is 0. The number of hydrogen-bond acceptors (Lipinski definition) is 2. The van der Waals surface area contributed by atoms with Crippen molar-refractivity contribution < 1.29 is 9.53 Å². The number of methoxy groups -OCH3 is 1. The fraction of sp³-hybridized carbons (Fsp3) is 0.500. The van der Waals surface area contributed by atoms with Gasteiger partial charge in [-0.1, -0.05) is 6.07 Å². The Morgan fingerprint density at radius 1 is 1.29 bits per heavy atom. The average molecular weight is 295 g/mol. The molecule has 3 rings (SSSR count). The van der Waals surface area contributed by atoms with Crippen molar-refractivity contribution >= 4 is 21.7 Å². The van der Waals surface area contributed by atoms with Gasteiger partial charge in [-0.25, -0.2) is 0 Å². The van der Waals surface area contributed by atoms with Gasteiger partial charge in [-0.15, -0.1) is 0 Å². The molecule has 0 heterocycles. The molecule has 2 aliphatic carbocycles. The summed E-state index contributed by atoms with van der Waals surface area (Å²) >= 11 is 3.62. The van der Waals surface area contributed by atoms with E-state index in [1.165, 1.54) is 11.1 Å². The van der Waals surface area contributed by atoms with Gasteiger partial charge in [0.05, 0.1) is 17.0 Å². The Balaban J connectivity index is 2.16. The first-order chi connectivity index (χ1) is 8.19. The number of carbonyl (C=O) groups excluding carboxylic acids is 1. The van der Waals surface area contributed by atoms with Crippen LogP contribution in [-0.4, -0.2) is 12.9 Å². The summed E-state index contributed by atoms with van der Waals surface area (Å²) in [6.45, 7) is 0. The molecule has 2 nitrogen and oxygen atoms in total. The normalized spacial score (nSPS) is 26.6. The van der Waals surface area contributed by atoms with Crippen molar-refractivity contribution in [2.75, 3.05) is 7.11 Å². The van der Waals surface area contributed by atoms with Crippen LogP contribution < -0.4 is 4.74 Å². The van der Waals surface area contributed by atoms with Crippen molar-refractivity contribution in [1.29, 1.82) is 0 Å². The Bertz CT molecular complexity index is 495. The summed E-state index contributed by atoms with van der Waals surface area (Å²) in [5.74, 6) is 1.29. The highest BCUT2D eigenvalue weighted by Gasteiger charge is 2.49. The summed E-state index contributed by atoms with van der Waals surface area (Å²) < 4.78 is 6.36. The molecule has 1 atom stereocenters. The van der Waals surface area contributed by atoms with Gasteiger partial charge in [-0.3, -0.25) is 4.79 Å². The zero-order chi connectivity index (χ0) is 12.0. The molecule has 0 bridgehead atoms. The van der Waals surface area contributed by atoms with Crippen LogP contribution in [0.5, 0.6) is 5.75 Å². The van der Waals surface area contributed by atoms with E-state index in [-0.39, 0.29) is 5.41 Å². The van der Waals surface area contributed by atoms with Gasteiger partial charge in [0, 0.05) is 6.42 Å². The first-order valence-electron chi connectivity index (χ1n) is 6.08. The molecule has 0 aromatic heterocycles. The van der Waals surface area contributed by atoms with Crippen molar-refractivity contribution in [2.45, 2.75) is 37.5 Å². The van der Waals surface area contributed by atoms with E-state index in [9.17, 15) is 4.79 Å². The molecule has 90 valence electrons. The van der Waals surface area contributed by atoms with Crippen LogP contribution in [0.15, 0.2) is 16.6 Å². The van der Waals surface area contributed by atoms with Gasteiger partial charge in [-0.05, 0) is 58.8 Å². The topological polar surface area (TPSA) is 26.3 Å². The lowest BCUT2D eigenvalue weighted by atomic mass is 9.57. The SMILES string of the molecule is COc1ccc2c(c1Br)CCCC21CCC1=O. The number of fused-ring (bicyclic) bond motifs is 2.